The Kier molecular flexibility index (Phi) is 6.68. The Morgan fingerprint density at radius 3 is 2.90 bits per heavy atom. The second-order valence-electron chi connectivity index (χ2n) is 5.91. The molecule has 0 unspecified atom stereocenters. The Labute approximate surface area is 179 Å². The second-order valence-corrected chi connectivity index (χ2v) is 8.38. The minimum absolute atomic E-state index is 0.0103. The molecule has 0 saturated carbocycles. The van der Waals surface area contributed by atoms with E-state index in [0.717, 1.165) is 5.56 Å². The predicted octanol–water partition coefficient (Wildman–Crippen LogP) is 4.79. The Morgan fingerprint density at radius 1 is 1.45 bits per heavy atom. The van der Waals surface area contributed by atoms with Gasteiger partial charge in [-0.3, -0.25) is 19.5 Å². The number of thioether (sulfide) groups is 1. The number of hydrogen-bond donors (Lipinski definition) is 1. The summed E-state index contributed by atoms with van der Waals surface area (Å²) in [5, 5.41) is 24.6. The number of hydrogen-bond acceptors (Lipinski definition) is 7. The number of rotatable bonds is 8. The van der Waals surface area contributed by atoms with Gasteiger partial charge in [-0.15, -0.1) is 28.1 Å². The molecule has 0 spiro atoms. The molecule has 11 heteroatoms. The Bertz CT molecular complexity index is 1080. The zero-order chi connectivity index (χ0) is 21.0. The van der Waals surface area contributed by atoms with Gasteiger partial charge in [0.25, 0.3) is 5.69 Å². The molecule has 0 fully saturated rings. The van der Waals surface area contributed by atoms with Crippen molar-refractivity contribution in [3.8, 4) is 11.4 Å². The van der Waals surface area contributed by atoms with Crippen LogP contribution < -0.4 is 5.32 Å². The van der Waals surface area contributed by atoms with Gasteiger partial charge in [-0.2, -0.15) is 0 Å². The van der Waals surface area contributed by atoms with Crippen molar-refractivity contribution in [2.45, 2.75) is 18.6 Å². The molecule has 1 N–H and O–H groups in total. The lowest BCUT2D eigenvalue weighted by molar-refractivity contribution is -0.384. The quantitative estimate of drug-likeness (QED) is 0.229. The van der Waals surface area contributed by atoms with Crippen molar-refractivity contribution in [2.75, 3.05) is 11.1 Å². The lowest BCUT2D eigenvalue weighted by atomic mass is 10.3. The normalized spacial score (nSPS) is 10.7. The molecule has 0 aliphatic heterocycles. The number of nitro benzene ring substituents is 1. The van der Waals surface area contributed by atoms with Crippen LogP contribution in [0.3, 0.4) is 0 Å². The molecule has 2 heterocycles. The maximum atomic E-state index is 12.3. The van der Waals surface area contributed by atoms with E-state index in [9.17, 15) is 14.9 Å². The molecule has 0 atom stereocenters. The molecule has 2 aromatic heterocycles. The molecule has 3 rings (SSSR count). The average Bonchev–Trinajstić information content (AvgIpc) is 3.28. The van der Waals surface area contributed by atoms with Crippen LogP contribution in [0, 0.1) is 17.0 Å². The fourth-order valence-electron chi connectivity index (χ4n) is 2.52. The van der Waals surface area contributed by atoms with E-state index in [4.69, 9.17) is 11.6 Å². The molecular weight excluding hydrogens is 434 g/mol. The van der Waals surface area contributed by atoms with E-state index in [1.807, 2.05) is 22.9 Å². The molecular formula is C18H16ClN5O3S2. The van der Waals surface area contributed by atoms with E-state index < -0.39 is 4.92 Å². The van der Waals surface area contributed by atoms with Gasteiger partial charge in [-0.25, -0.2) is 0 Å². The third-order valence-electron chi connectivity index (χ3n) is 3.78. The summed E-state index contributed by atoms with van der Waals surface area (Å²) < 4.78 is 1.89. The largest absolute Gasteiger partial charge is 0.325 e. The van der Waals surface area contributed by atoms with E-state index >= 15 is 0 Å². The molecule has 3 aromatic rings. The van der Waals surface area contributed by atoms with Gasteiger partial charge in [0.1, 0.15) is 5.02 Å². The highest BCUT2D eigenvalue weighted by atomic mass is 35.5. The van der Waals surface area contributed by atoms with Crippen molar-refractivity contribution in [1.29, 1.82) is 0 Å². The van der Waals surface area contributed by atoms with Crippen molar-refractivity contribution in [2.24, 2.45) is 0 Å². The zero-order valence-corrected chi connectivity index (χ0v) is 17.7. The van der Waals surface area contributed by atoms with Crippen LogP contribution in [-0.4, -0.2) is 31.3 Å². The monoisotopic (exact) mass is 449 g/mol. The summed E-state index contributed by atoms with van der Waals surface area (Å²) in [6.07, 6.45) is 1.74. The topological polar surface area (TPSA) is 103 Å². The first-order valence-corrected chi connectivity index (χ1v) is 10.6. The van der Waals surface area contributed by atoms with E-state index in [2.05, 4.69) is 22.1 Å². The van der Waals surface area contributed by atoms with Gasteiger partial charge in [0.15, 0.2) is 11.0 Å². The van der Waals surface area contributed by atoms with Crippen molar-refractivity contribution in [3.63, 3.8) is 0 Å². The van der Waals surface area contributed by atoms with E-state index in [1.165, 1.54) is 34.8 Å². The highest BCUT2D eigenvalue weighted by Gasteiger charge is 2.17. The SMILES string of the molecule is C=CCn1c(SCC(=O)Nc2ccc(Cl)c([N+](=O)[O-])c2)nnc1-c1csc(C)c1. The summed E-state index contributed by atoms with van der Waals surface area (Å²) in [7, 11) is 0. The molecule has 150 valence electrons. The van der Waals surface area contributed by atoms with Gasteiger partial charge >= 0.3 is 0 Å². The number of benzene rings is 1. The maximum absolute atomic E-state index is 12.3. The number of nitrogens with zero attached hydrogens (tertiary/aromatic N) is 4. The molecule has 29 heavy (non-hydrogen) atoms. The van der Waals surface area contributed by atoms with Gasteiger partial charge in [0.2, 0.25) is 5.91 Å². The van der Waals surface area contributed by atoms with Gasteiger partial charge in [0, 0.05) is 34.1 Å². The molecule has 1 aromatic carbocycles. The Hall–Kier alpha value is -2.69. The fourth-order valence-corrected chi connectivity index (χ4v) is 4.14. The molecule has 0 aliphatic carbocycles. The molecule has 0 radical (unpaired) electrons. The summed E-state index contributed by atoms with van der Waals surface area (Å²) in [4.78, 5) is 23.8. The first-order chi connectivity index (χ1) is 13.9. The maximum Gasteiger partial charge on any atom is 0.289 e. The minimum Gasteiger partial charge on any atom is -0.325 e. The lowest BCUT2D eigenvalue weighted by Crippen LogP contribution is -2.14. The Morgan fingerprint density at radius 2 is 2.24 bits per heavy atom. The van der Waals surface area contributed by atoms with Crippen LogP contribution in [0.4, 0.5) is 11.4 Å². The fraction of sp³-hybridized carbons (Fsp3) is 0.167. The zero-order valence-electron chi connectivity index (χ0n) is 15.3. The van der Waals surface area contributed by atoms with Crippen LogP contribution in [0.1, 0.15) is 4.88 Å². The van der Waals surface area contributed by atoms with E-state index in [0.29, 0.717) is 23.2 Å². The smallest absolute Gasteiger partial charge is 0.289 e. The van der Waals surface area contributed by atoms with Gasteiger partial charge in [-0.05, 0) is 25.1 Å². The summed E-state index contributed by atoms with van der Waals surface area (Å²) in [5.74, 6) is 0.451. The number of aromatic nitrogens is 3. The average molecular weight is 450 g/mol. The van der Waals surface area contributed by atoms with Crippen molar-refractivity contribution in [3.05, 3.63) is 62.3 Å². The van der Waals surface area contributed by atoms with Crippen LogP contribution in [0.15, 0.2) is 47.5 Å². The van der Waals surface area contributed by atoms with Gasteiger partial charge in [-0.1, -0.05) is 29.4 Å². The lowest BCUT2D eigenvalue weighted by Gasteiger charge is -2.08. The summed E-state index contributed by atoms with van der Waals surface area (Å²) in [6, 6.07) is 6.14. The molecule has 8 nitrogen and oxygen atoms in total. The van der Waals surface area contributed by atoms with Crippen molar-refractivity contribution < 1.29 is 9.72 Å². The van der Waals surface area contributed by atoms with Crippen LogP contribution in [0.2, 0.25) is 5.02 Å². The van der Waals surface area contributed by atoms with Gasteiger partial charge < -0.3 is 5.32 Å². The molecule has 0 bridgehead atoms. The summed E-state index contributed by atoms with van der Waals surface area (Å²) in [5.41, 5.74) is 0.999. The number of halogens is 1. The molecule has 0 aliphatic rings. The minimum atomic E-state index is -0.599. The van der Waals surface area contributed by atoms with Crippen LogP contribution in [0.5, 0.6) is 0 Å². The van der Waals surface area contributed by atoms with Crippen LogP contribution in [-0.2, 0) is 11.3 Å². The third-order valence-corrected chi connectivity index (χ3v) is 5.92. The molecule has 1 amide bonds. The number of aryl methyl sites for hydroxylation is 1. The summed E-state index contributed by atoms with van der Waals surface area (Å²) >= 11 is 8.63. The van der Waals surface area contributed by atoms with Crippen molar-refractivity contribution >= 4 is 52.0 Å². The predicted molar refractivity (Wildman–Crippen MR) is 116 cm³/mol. The number of nitro groups is 1. The number of anilines is 1. The Balaban J connectivity index is 1.70. The van der Waals surface area contributed by atoms with E-state index in [1.54, 1.807) is 17.4 Å². The van der Waals surface area contributed by atoms with Crippen LogP contribution >= 0.6 is 34.7 Å². The third kappa shape index (κ3) is 5.03. The van der Waals surface area contributed by atoms with Crippen molar-refractivity contribution in [1.82, 2.24) is 14.8 Å². The van der Waals surface area contributed by atoms with Crippen LogP contribution in [0.25, 0.3) is 11.4 Å². The number of allylic oxidation sites excluding steroid dienone is 1. The highest BCUT2D eigenvalue weighted by Crippen LogP contribution is 2.29. The first kappa shape index (κ1) is 21.0. The number of carbonyl (C=O) groups excluding carboxylic acids is 1. The second kappa shape index (κ2) is 9.21. The standard InChI is InChI=1S/C18H16ClN5O3S2/c1-3-6-23-17(12-7-11(2)28-9-12)21-22-18(23)29-10-16(25)20-13-4-5-14(19)15(8-13)24(26)27/h3-5,7-9H,1,6,10H2,2H3,(H,20,25). The highest BCUT2D eigenvalue weighted by molar-refractivity contribution is 7.99. The summed E-state index contributed by atoms with van der Waals surface area (Å²) in [6.45, 7) is 6.29. The molecule has 0 saturated heterocycles. The number of amides is 1. The van der Waals surface area contributed by atoms with E-state index in [-0.39, 0.29) is 22.4 Å². The van der Waals surface area contributed by atoms with Gasteiger partial charge in [0.05, 0.1) is 10.7 Å². The number of thiophene rings is 1. The number of carbonyl (C=O) groups is 1. The number of nitrogens with one attached hydrogen (secondary N) is 1. The first-order valence-electron chi connectivity index (χ1n) is 8.35.